The number of nitrogens with one attached hydrogen (secondary N) is 2. The van der Waals surface area contributed by atoms with Gasteiger partial charge in [0.25, 0.3) is 0 Å². The summed E-state index contributed by atoms with van der Waals surface area (Å²) in [6.07, 6.45) is 5.63. The Bertz CT molecular complexity index is 789. The van der Waals surface area contributed by atoms with Crippen molar-refractivity contribution < 1.29 is 14.3 Å². The molecule has 1 aliphatic heterocycles. The minimum atomic E-state index is -0.681. The number of ether oxygens (including phenoxy) is 1. The highest BCUT2D eigenvalue weighted by molar-refractivity contribution is 6.39. The molecule has 0 atom stereocenters. The number of nitrogens with zero attached hydrogens (tertiary/aromatic N) is 2. The summed E-state index contributed by atoms with van der Waals surface area (Å²) in [5.41, 5.74) is 1.74. The average molecular weight is 382 g/mol. The van der Waals surface area contributed by atoms with Crippen LogP contribution in [0.4, 0.5) is 5.69 Å². The van der Waals surface area contributed by atoms with E-state index in [-0.39, 0.29) is 0 Å². The molecule has 1 aliphatic rings. The molecule has 0 spiro atoms. The first-order valence-corrected chi connectivity index (χ1v) is 9.49. The second-order valence-corrected chi connectivity index (χ2v) is 6.94. The van der Waals surface area contributed by atoms with Gasteiger partial charge in [0.05, 0.1) is 12.8 Å². The average Bonchev–Trinajstić information content (AvgIpc) is 2.74. The van der Waals surface area contributed by atoms with Crippen LogP contribution in [-0.2, 0) is 16.1 Å². The maximum atomic E-state index is 12.1. The summed E-state index contributed by atoms with van der Waals surface area (Å²) in [6, 6.07) is 11.1. The number of hydrogen-bond donors (Lipinski definition) is 2. The van der Waals surface area contributed by atoms with E-state index in [1.165, 1.54) is 12.7 Å². The summed E-state index contributed by atoms with van der Waals surface area (Å²) in [7, 11) is 1.52. The molecule has 2 N–H and O–H groups in total. The highest BCUT2D eigenvalue weighted by Gasteiger charge is 2.21. The number of pyridine rings is 1. The summed E-state index contributed by atoms with van der Waals surface area (Å²) in [5.74, 6) is -0.397. The SMILES string of the molecule is COc1ccccc1NC(=O)C(=O)NCC1CCN(Cc2ccncc2)CC1. The molecule has 148 valence electrons. The minimum absolute atomic E-state index is 0.386. The fraction of sp³-hybridized carbons (Fsp3) is 0.381. The normalized spacial score (nSPS) is 15.0. The number of para-hydroxylation sites is 2. The third-order valence-electron chi connectivity index (χ3n) is 4.98. The summed E-state index contributed by atoms with van der Waals surface area (Å²) in [4.78, 5) is 30.7. The second kappa shape index (κ2) is 9.85. The van der Waals surface area contributed by atoms with Crippen LogP contribution < -0.4 is 15.4 Å². The van der Waals surface area contributed by atoms with Crippen molar-refractivity contribution in [3.8, 4) is 5.75 Å². The largest absolute Gasteiger partial charge is 0.495 e. The third kappa shape index (κ3) is 5.53. The van der Waals surface area contributed by atoms with E-state index in [2.05, 4.69) is 20.5 Å². The standard InChI is InChI=1S/C21H26N4O3/c1-28-19-5-3-2-4-18(19)24-21(27)20(26)23-14-16-8-12-25(13-9-16)15-17-6-10-22-11-7-17/h2-7,10-11,16H,8-9,12-15H2,1H3,(H,23,26)(H,24,27). The van der Waals surface area contributed by atoms with Crippen molar-refractivity contribution in [1.82, 2.24) is 15.2 Å². The summed E-state index contributed by atoms with van der Waals surface area (Å²) in [6.45, 7) is 3.40. The molecule has 28 heavy (non-hydrogen) atoms. The van der Waals surface area contributed by atoms with Crippen molar-refractivity contribution >= 4 is 17.5 Å². The van der Waals surface area contributed by atoms with Gasteiger partial charge in [0.15, 0.2) is 0 Å². The van der Waals surface area contributed by atoms with E-state index in [9.17, 15) is 9.59 Å². The van der Waals surface area contributed by atoms with Crippen molar-refractivity contribution in [2.24, 2.45) is 5.92 Å². The van der Waals surface area contributed by atoms with Crippen LogP contribution in [-0.4, -0.2) is 48.4 Å². The molecule has 1 aromatic carbocycles. The van der Waals surface area contributed by atoms with E-state index in [0.29, 0.717) is 23.9 Å². The van der Waals surface area contributed by atoms with E-state index >= 15 is 0 Å². The van der Waals surface area contributed by atoms with Gasteiger partial charge in [-0.1, -0.05) is 12.1 Å². The number of benzene rings is 1. The number of carbonyl (C=O) groups is 2. The van der Waals surface area contributed by atoms with Gasteiger partial charge < -0.3 is 15.4 Å². The van der Waals surface area contributed by atoms with Crippen LogP contribution in [0.15, 0.2) is 48.8 Å². The summed E-state index contributed by atoms with van der Waals surface area (Å²) in [5, 5.41) is 5.35. The van der Waals surface area contributed by atoms with Crippen LogP contribution in [0.2, 0.25) is 0 Å². The number of rotatable bonds is 6. The lowest BCUT2D eigenvalue weighted by Crippen LogP contribution is -2.41. The van der Waals surface area contributed by atoms with E-state index in [0.717, 1.165) is 32.5 Å². The van der Waals surface area contributed by atoms with Crippen LogP contribution in [0.1, 0.15) is 18.4 Å². The topological polar surface area (TPSA) is 83.6 Å². The highest BCUT2D eigenvalue weighted by atomic mass is 16.5. The predicted octanol–water partition coefficient (Wildman–Crippen LogP) is 2.06. The third-order valence-corrected chi connectivity index (χ3v) is 4.98. The number of likely N-dealkylation sites (tertiary alicyclic amines) is 1. The van der Waals surface area contributed by atoms with Crippen LogP contribution in [0.3, 0.4) is 0 Å². The van der Waals surface area contributed by atoms with Crippen molar-refractivity contribution in [2.75, 3.05) is 32.1 Å². The Kier molecular flexibility index (Phi) is 6.97. The van der Waals surface area contributed by atoms with Crippen molar-refractivity contribution in [3.63, 3.8) is 0 Å². The molecule has 2 heterocycles. The number of amides is 2. The smallest absolute Gasteiger partial charge is 0.313 e. The van der Waals surface area contributed by atoms with Gasteiger partial charge in [0.2, 0.25) is 0 Å². The lowest BCUT2D eigenvalue weighted by molar-refractivity contribution is -0.136. The molecule has 7 heteroatoms. The summed E-state index contributed by atoms with van der Waals surface area (Å²) < 4.78 is 5.18. The summed E-state index contributed by atoms with van der Waals surface area (Å²) >= 11 is 0. The Labute approximate surface area is 165 Å². The maximum Gasteiger partial charge on any atom is 0.313 e. The highest BCUT2D eigenvalue weighted by Crippen LogP contribution is 2.23. The molecule has 1 fully saturated rings. The van der Waals surface area contributed by atoms with Gasteiger partial charge >= 0.3 is 11.8 Å². The molecule has 1 aromatic heterocycles. The van der Waals surface area contributed by atoms with E-state index < -0.39 is 11.8 Å². The number of anilines is 1. The molecule has 0 aliphatic carbocycles. The maximum absolute atomic E-state index is 12.1. The second-order valence-electron chi connectivity index (χ2n) is 6.94. The molecule has 1 saturated heterocycles. The van der Waals surface area contributed by atoms with Gasteiger partial charge in [-0.3, -0.25) is 19.5 Å². The predicted molar refractivity (Wildman–Crippen MR) is 107 cm³/mol. The van der Waals surface area contributed by atoms with Gasteiger partial charge in [0, 0.05) is 25.5 Å². The van der Waals surface area contributed by atoms with Gasteiger partial charge in [-0.25, -0.2) is 0 Å². The number of aromatic nitrogens is 1. The van der Waals surface area contributed by atoms with E-state index in [1.807, 2.05) is 24.5 Å². The molecule has 2 aromatic rings. The fourth-order valence-electron chi connectivity index (χ4n) is 3.34. The zero-order valence-electron chi connectivity index (χ0n) is 16.1. The van der Waals surface area contributed by atoms with Crippen molar-refractivity contribution in [2.45, 2.75) is 19.4 Å². The molecule has 3 rings (SSSR count). The molecule has 0 saturated carbocycles. The monoisotopic (exact) mass is 382 g/mol. The fourth-order valence-corrected chi connectivity index (χ4v) is 3.34. The molecular formula is C21H26N4O3. The quantitative estimate of drug-likeness (QED) is 0.747. The lowest BCUT2D eigenvalue weighted by Gasteiger charge is -2.32. The zero-order valence-corrected chi connectivity index (χ0v) is 16.1. The molecule has 0 radical (unpaired) electrons. The van der Waals surface area contributed by atoms with Gasteiger partial charge in [-0.15, -0.1) is 0 Å². The van der Waals surface area contributed by atoms with Crippen LogP contribution >= 0.6 is 0 Å². The Hall–Kier alpha value is -2.93. The Morgan fingerprint density at radius 2 is 1.82 bits per heavy atom. The van der Waals surface area contributed by atoms with Gasteiger partial charge in [0.1, 0.15) is 5.75 Å². The first-order chi connectivity index (χ1) is 13.7. The van der Waals surface area contributed by atoms with E-state index in [1.54, 1.807) is 24.3 Å². The zero-order chi connectivity index (χ0) is 19.8. The first-order valence-electron chi connectivity index (χ1n) is 9.49. The Balaban J connectivity index is 1.40. The Morgan fingerprint density at radius 1 is 1.11 bits per heavy atom. The molecule has 7 nitrogen and oxygen atoms in total. The van der Waals surface area contributed by atoms with Crippen LogP contribution in [0, 0.1) is 5.92 Å². The number of piperidine rings is 1. The van der Waals surface area contributed by atoms with Crippen molar-refractivity contribution in [1.29, 1.82) is 0 Å². The molecular weight excluding hydrogens is 356 g/mol. The molecule has 0 bridgehead atoms. The molecule has 2 amide bonds. The number of hydrogen-bond acceptors (Lipinski definition) is 5. The van der Waals surface area contributed by atoms with Crippen LogP contribution in [0.25, 0.3) is 0 Å². The van der Waals surface area contributed by atoms with Gasteiger partial charge in [-0.2, -0.15) is 0 Å². The number of methoxy groups -OCH3 is 1. The van der Waals surface area contributed by atoms with Crippen molar-refractivity contribution in [3.05, 3.63) is 54.4 Å². The Morgan fingerprint density at radius 3 is 2.54 bits per heavy atom. The molecule has 0 unspecified atom stereocenters. The first kappa shape index (κ1) is 19.8. The number of carbonyl (C=O) groups excluding carboxylic acids is 2. The minimum Gasteiger partial charge on any atom is -0.495 e. The van der Waals surface area contributed by atoms with Gasteiger partial charge in [-0.05, 0) is 61.7 Å². The van der Waals surface area contributed by atoms with E-state index in [4.69, 9.17) is 4.74 Å². The van der Waals surface area contributed by atoms with Crippen LogP contribution in [0.5, 0.6) is 5.75 Å². The lowest BCUT2D eigenvalue weighted by atomic mass is 9.96.